The van der Waals surface area contributed by atoms with Crippen LogP contribution in [0.3, 0.4) is 0 Å². The summed E-state index contributed by atoms with van der Waals surface area (Å²) in [7, 11) is 0. The van der Waals surface area contributed by atoms with Gasteiger partial charge in [0.25, 0.3) is 5.56 Å². The largest absolute Gasteiger partial charge is 0.459 e. The number of carbonyl (C=O) groups is 1. The van der Waals surface area contributed by atoms with Crippen LogP contribution in [0.5, 0.6) is 0 Å². The summed E-state index contributed by atoms with van der Waals surface area (Å²) < 4.78 is 10.4. The van der Waals surface area contributed by atoms with Gasteiger partial charge in [-0.05, 0) is 43.4 Å². The average Bonchev–Trinajstić information content (AvgIpc) is 2.99. The van der Waals surface area contributed by atoms with Crippen LogP contribution >= 0.6 is 0 Å². The lowest BCUT2D eigenvalue weighted by molar-refractivity contribution is -0.155. The summed E-state index contributed by atoms with van der Waals surface area (Å²) >= 11 is 0. The fourth-order valence-corrected chi connectivity index (χ4v) is 2.48. The molecule has 0 saturated carbocycles. The highest BCUT2D eigenvalue weighted by Crippen LogP contribution is 2.16. The smallest absolute Gasteiger partial charge is 0.335 e. The fourth-order valence-electron chi connectivity index (χ4n) is 2.48. The van der Waals surface area contributed by atoms with Gasteiger partial charge in [0.15, 0.2) is 6.10 Å². The van der Waals surface area contributed by atoms with Crippen molar-refractivity contribution < 1.29 is 14.3 Å². The maximum atomic E-state index is 12.0. The minimum absolute atomic E-state index is 0.0299. The molecule has 1 N–H and O–H groups in total. The van der Waals surface area contributed by atoms with Crippen molar-refractivity contribution in [2.24, 2.45) is 0 Å². The van der Waals surface area contributed by atoms with E-state index in [1.807, 2.05) is 25.1 Å². The molecular formula is C16H17NO4. The van der Waals surface area contributed by atoms with Gasteiger partial charge in [0.1, 0.15) is 6.61 Å². The number of aromatic amines is 1. The topological polar surface area (TPSA) is 68.4 Å². The lowest BCUT2D eigenvalue weighted by atomic mass is 10.1. The van der Waals surface area contributed by atoms with Gasteiger partial charge >= 0.3 is 5.97 Å². The molecule has 1 aliphatic rings. The number of aromatic nitrogens is 1. The molecule has 0 spiro atoms. The zero-order valence-corrected chi connectivity index (χ0v) is 11.8. The molecule has 1 fully saturated rings. The van der Waals surface area contributed by atoms with E-state index in [-0.39, 0.29) is 12.2 Å². The second-order valence-corrected chi connectivity index (χ2v) is 5.32. The molecule has 110 valence electrons. The number of pyridine rings is 1. The Kier molecular flexibility index (Phi) is 3.75. The number of hydrogen-bond donors (Lipinski definition) is 1. The standard InChI is InChI=1S/C16H17NO4/c1-10-4-5-13-11(7-10)8-12(15(18)17-13)9-21-16(19)14-3-2-6-20-14/h4-5,7-8,14H,2-3,6,9H2,1H3,(H,17,18)/t14-/m1/s1. The van der Waals surface area contributed by atoms with Crippen LogP contribution in [0.15, 0.2) is 29.1 Å². The molecule has 1 atom stereocenters. The normalized spacial score (nSPS) is 18.0. The highest BCUT2D eigenvalue weighted by molar-refractivity contribution is 5.79. The summed E-state index contributed by atoms with van der Waals surface area (Å²) in [5.41, 5.74) is 2.10. The number of H-pyrrole nitrogens is 1. The summed E-state index contributed by atoms with van der Waals surface area (Å²) in [6, 6.07) is 7.56. The molecule has 5 heteroatoms. The van der Waals surface area contributed by atoms with Crippen molar-refractivity contribution in [1.82, 2.24) is 4.98 Å². The number of rotatable bonds is 3. The Morgan fingerprint density at radius 2 is 2.29 bits per heavy atom. The second-order valence-electron chi connectivity index (χ2n) is 5.32. The van der Waals surface area contributed by atoms with E-state index >= 15 is 0 Å². The SMILES string of the molecule is Cc1ccc2[nH]c(=O)c(COC(=O)[C@H]3CCCO3)cc2c1. The Balaban J connectivity index is 1.78. The zero-order chi connectivity index (χ0) is 14.8. The van der Waals surface area contributed by atoms with Crippen molar-refractivity contribution in [3.05, 3.63) is 45.7 Å². The number of esters is 1. The maximum absolute atomic E-state index is 12.0. The summed E-state index contributed by atoms with van der Waals surface area (Å²) in [5, 5.41) is 0.928. The lowest BCUT2D eigenvalue weighted by Gasteiger charge is -2.10. The first-order chi connectivity index (χ1) is 10.1. The summed E-state index contributed by atoms with van der Waals surface area (Å²) in [6.45, 7) is 2.55. The molecule has 3 rings (SSSR count). The fraction of sp³-hybridized carbons (Fsp3) is 0.375. The zero-order valence-electron chi connectivity index (χ0n) is 11.8. The average molecular weight is 287 g/mol. The maximum Gasteiger partial charge on any atom is 0.335 e. The van der Waals surface area contributed by atoms with Crippen molar-refractivity contribution in [2.45, 2.75) is 32.5 Å². The minimum atomic E-state index is -0.480. The highest BCUT2D eigenvalue weighted by atomic mass is 16.6. The quantitative estimate of drug-likeness (QED) is 0.877. The van der Waals surface area contributed by atoms with Crippen molar-refractivity contribution in [3.63, 3.8) is 0 Å². The molecule has 1 aromatic heterocycles. The lowest BCUT2D eigenvalue weighted by Crippen LogP contribution is -2.23. The van der Waals surface area contributed by atoms with Crippen LogP contribution in [-0.4, -0.2) is 23.7 Å². The Hall–Kier alpha value is -2.14. The van der Waals surface area contributed by atoms with Crippen LogP contribution in [0.4, 0.5) is 0 Å². The third-order valence-electron chi connectivity index (χ3n) is 3.64. The minimum Gasteiger partial charge on any atom is -0.459 e. The van der Waals surface area contributed by atoms with E-state index in [4.69, 9.17) is 9.47 Å². The third-order valence-corrected chi connectivity index (χ3v) is 3.64. The van der Waals surface area contributed by atoms with Crippen LogP contribution in [0.25, 0.3) is 10.9 Å². The summed E-state index contributed by atoms with van der Waals surface area (Å²) in [5.74, 6) is -0.392. The van der Waals surface area contributed by atoms with Gasteiger partial charge < -0.3 is 14.5 Å². The van der Waals surface area contributed by atoms with Crippen LogP contribution in [0, 0.1) is 6.92 Å². The number of aryl methyl sites for hydroxylation is 1. The Morgan fingerprint density at radius 1 is 1.43 bits per heavy atom. The first kappa shape index (κ1) is 13.8. The van der Waals surface area contributed by atoms with Gasteiger partial charge in [-0.15, -0.1) is 0 Å². The van der Waals surface area contributed by atoms with E-state index < -0.39 is 12.1 Å². The van der Waals surface area contributed by atoms with Gasteiger partial charge in [0.2, 0.25) is 0 Å². The van der Waals surface area contributed by atoms with Gasteiger partial charge in [-0.3, -0.25) is 4.79 Å². The molecular weight excluding hydrogens is 270 g/mol. The summed E-state index contributed by atoms with van der Waals surface area (Å²) in [4.78, 5) is 26.6. The van der Waals surface area contributed by atoms with Gasteiger partial charge in [-0.25, -0.2) is 4.79 Å². The van der Waals surface area contributed by atoms with Gasteiger partial charge in [0.05, 0.1) is 5.56 Å². The molecule has 1 saturated heterocycles. The van der Waals surface area contributed by atoms with E-state index in [1.165, 1.54) is 0 Å². The van der Waals surface area contributed by atoms with Crippen LogP contribution in [0.2, 0.25) is 0 Å². The number of carbonyl (C=O) groups excluding carboxylic acids is 1. The molecule has 5 nitrogen and oxygen atoms in total. The second kappa shape index (κ2) is 5.69. The Bertz CT molecular complexity index is 729. The molecule has 1 aromatic carbocycles. The van der Waals surface area contributed by atoms with E-state index in [0.29, 0.717) is 18.6 Å². The first-order valence-electron chi connectivity index (χ1n) is 7.04. The molecule has 0 bridgehead atoms. The predicted molar refractivity (Wildman–Crippen MR) is 78.1 cm³/mol. The van der Waals surface area contributed by atoms with Gasteiger partial charge in [0, 0.05) is 12.1 Å². The van der Waals surface area contributed by atoms with Crippen LogP contribution in [-0.2, 0) is 20.9 Å². The monoisotopic (exact) mass is 287 g/mol. The molecule has 1 aliphatic heterocycles. The number of hydrogen-bond acceptors (Lipinski definition) is 4. The molecule has 2 aromatic rings. The molecule has 0 radical (unpaired) electrons. The van der Waals surface area contributed by atoms with Gasteiger partial charge in [-0.2, -0.15) is 0 Å². The van der Waals surface area contributed by atoms with Crippen molar-refractivity contribution in [3.8, 4) is 0 Å². The van der Waals surface area contributed by atoms with Crippen molar-refractivity contribution in [2.75, 3.05) is 6.61 Å². The summed E-state index contributed by atoms with van der Waals surface area (Å²) in [6.07, 6.45) is 1.08. The van der Waals surface area contributed by atoms with E-state index in [2.05, 4.69) is 4.98 Å². The van der Waals surface area contributed by atoms with Crippen LogP contribution < -0.4 is 5.56 Å². The third kappa shape index (κ3) is 2.97. The predicted octanol–water partition coefficient (Wildman–Crippen LogP) is 2.06. The Labute approximate surface area is 121 Å². The number of ether oxygens (including phenoxy) is 2. The molecule has 0 amide bonds. The first-order valence-corrected chi connectivity index (χ1v) is 7.04. The Morgan fingerprint density at radius 3 is 3.05 bits per heavy atom. The van der Waals surface area contributed by atoms with Crippen molar-refractivity contribution >= 4 is 16.9 Å². The highest BCUT2D eigenvalue weighted by Gasteiger charge is 2.25. The van der Waals surface area contributed by atoms with Gasteiger partial charge in [-0.1, -0.05) is 11.6 Å². The van der Waals surface area contributed by atoms with E-state index in [0.717, 1.165) is 22.9 Å². The van der Waals surface area contributed by atoms with Crippen molar-refractivity contribution in [1.29, 1.82) is 0 Å². The number of nitrogens with one attached hydrogen (secondary N) is 1. The molecule has 0 aliphatic carbocycles. The number of fused-ring (bicyclic) bond motifs is 1. The number of benzene rings is 1. The van der Waals surface area contributed by atoms with Crippen LogP contribution in [0.1, 0.15) is 24.0 Å². The van der Waals surface area contributed by atoms with E-state index in [9.17, 15) is 9.59 Å². The molecule has 0 unspecified atom stereocenters. The molecule has 2 heterocycles. The molecule has 21 heavy (non-hydrogen) atoms. The van der Waals surface area contributed by atoms with E-state index in [1.54, 1.807) is 6.07 Å².